The van der Waals surface area contributed by atoms with Crippen LogP contribution in [0.15, 0.2) is 133 Å². The number of rotatable bonds is 13. The normalized spacial score (nSPS) is 16.6. The Labute approximate surface area is 377 Å². The standard InChI is InChI=1S/C52H47ClN4O7/c1-4-44(37-8-6-5-7-9-37)57-30-40-28-48-45(56(2)51(60)49(64-48)38-19-21-41(22-20-38)63-31-34-14-23-42(53)47(58)25-34)26-39(40)27-46(57)50(59)55-43(52(61)62-3)24-32-10-15-35(16-11-32)36-17-12-33(29-54)13-18-36/h5-23,25-26,28,43-44,46,49,58H,4,24,27,30-31H2,1-3H3,(H,55,59)/t43-,44+,46?,49+/m0/s1. The van der Waals surface area contributed by atoms with Crippen LogP contribution >= 0.6 is 11.6 Å². The Kier molecular flexibility index (Phi) is 13.0. The number of aromatic hydroxyl groups is 1. The maximum Gasteiger partial charge on any atom is 0.328 e. The summed E-state index contributed by atoms with van der Waals surface area (Å²) in [5.74, 6) is 0.0221. The molecule has 0 radical (unpaired) electrons. The molecule has 8 rings (SSSR count). The summed E-state index contributed by atoms with van der Waals surface area (Å²) in [6.45, 7) is 2.73. The first-order valence-electron chi connectivity index (χ1n) is 21.1. The maximum atomic E-state index is 14.7. The molecule has 0 spiro atoms. The summed E-state index contributed by atoms with van der Waals surface area (Å²) in [7, 11) is 3.04. The van der Waals surface area contributed by atoms with E-state index in [0.717, 1.165) is 45.4 Å². The topological polar surface area (TPSA) is 141 Å². The number of carbonyl (C=O) groups excluding carboxylic acids is 3. The van der Waals surface area contributed by atoms with Gasteiger partial charge in [0.15, 0.2) is 0 Å². The lowest BCUT2D eigenvalue weighted by Gasteiger charge is -2.42. The molecule has 2 amide bonds. The Morgan fingerprint density at radius 3 is 2.25 bits per heavy atom. The first kappa shape index (κ1) is 43.5. The molecular weight excluding hydrogens is 828 g/mol. The molecule has 0 bridgehead atoms. The number of hydrogen-bond donors (Lipinski definition) is 2. The number of anilines is 1. The van der Waals surface area contributed by atoms with Gasteiger partial charge in [-0.3, -0.25) is 14.5 Å². The van der Waals surface area contributed by atoms with Gasteiger partial charge in [-0.1, -0.05) is 103 Å². The second-order valence-corrected chi connectivity index (χ2v) is 16.4. The van der Waals surface area contributed by atoms with Crippen LogP contribution in [0.1, 0.15) is 64.4 Å². The van der Waals surface area contributed by atoms with Crippen LogP contribution < -0.4 is 19.7 Å². The third-order valence-electron chi connectivity index (χ3n) is 12.0. The lowest BCUT2D eigenvalue weighted by Crippen LogP contribution is -2.55. The fourth-order valence-corrected chi connectivity index (χ4v) is 8.65. The number of likely N-dealkylation sites (N-methyl/N-ethyl adjacent to an activating group) is 1. The SMILES string of the molecule is CC[C@H](c1ccccc1)N1Cc2cc3c(cc2CC1C(=O)N[C@@H](Cc1ccc(-c2ccc(C#N)cc2)cc1)C(=O)OC)N(C)C(=O)[C@@H](c1ccc(OCc2ccc(Cl)c(O)c2)cc1)O3. The van der Waals surface area contributed by atoms with E-state index >= 15 is 0 Å². The fourth-order valence-electron chi connectivity index (χ4n) is 8.53. The lowest BCUT2D eigenvalue weighted by molar-refractivity contribution is -0.146. The molecule has 0 aromatic heterocycles. The number of ether oxygens (including phenoxy) is 3. The van der Waals surface area contributed by atoms with Crippen LogP contribution in [0, 0.1) is 11.3 Å². The van der Waals surface area contributed by atoms with Gasteiger partial charge in [0.25, 0.3) is 5.91 Å². The third-order valence-corrected chi connectivity index (χ3v) is 12.3. The van der Waals surface area contributed by atoms with Crippen molar-refractivity contribution < 1.29 is 33.7 Å². The summed E-state index contributed by atoms with van der Waals surface area (Å²) in [5.41, 5.74) is 8.30. The van der Waals surface area contributed by atoms with E-state index in [1.165, 1.54) is 7.11 Å². The molecule has 1 unspecified atom stereocenters. The predicted molar refractivity (Wildman–Crippen MR) is 244 cm³/mol. The fraction of sp³-hybridized carbons (Fsp3) is 0.231. The zero-order valence-corrected chi connectivity index (χ0v) is 36.4. The number of phenols is 1. The molecule has 0 saturated heterocycles. The molecule has 0 aliphatic carbocycles. The molecule has 2 N–H and O–H groups in total. The van der Waals surface area contributed by atoms with Gasteiger partial charge in [0.05, 0.1) is 35.5 Å². The van der Waals surface area contributed by atoms with Crippen LogP contribution in [0.3, 0.4) is 0 Å². The smallest absolute Gasteiger partial charge is 0.328 e. The van der Waals surface area contributed by atoms with Crippen molar-refractivity contribution in [3.63, 3.8) is 0 Å². The Hall–Kier alpha value is -7.13. The van der Waals surface area contributed by atoms with E-state index in [1.54, 1.807) is 66.5 Å². The van der Waals surface area contributed by atoms with Crippen LogP contribution in [0.5, 0.6) is 17.2 Å². The van der Waals surface area contributed by atoms with Gasteiger partial charge in [0, 0.05) is 31.6 Å². The van der Waals surface area contributed by atoms with Gasteiger partial charge in [-0.2, -0.15) is 5.26 Å². The molecule has 0 saturated carbocycles. The lowest BCUT2D eigenvalue weighted by atomic mass is 9.88. The zero-order valence-electron chi connectivity index (χ0n) is 35.7. The van der Waals surface area contributed by atoms with E-state index in [-0.39, 0.29) is 41.7 Å². The van der Waals surface area contributed by atoms with E-state index in [1.807, 2.05) is 66.7 Å². The number of nitrogens with zero attached hydrogens (tertiary/aromatic N) is 3. The molecule has 2 heterocycles. The van der Waals surface area contributed by atoms with Gasteiger partial charge in [-0.15, -0.1) is 0 Å². The van der Waals surface area contributed by atoms with E-state index in [9.17, 15) is 24.8 Å². The Morgan fingerprint density at radius 2 is 1.59 bits per heavy atom. The van der Waals surface area contributed by atoms with E-state index in [2.05, 4.69) is 35.3 Å². The second-order valence-electron chi connectivity index (χ2n) is 16.0. The highest BCUT2D eigenvalue weighted by molar-refractivity contribution is 6.32. The summed E-state index contributed by atoms with van der Waals surface area (Å²) in [4.78, 5) is 45.7. The number of carbonyl (C=O) groups is 3. The number of nitrogens with one attached hydrogen (secondary N) is 1. The summed E-state index contributed by atoms with van der Waals surface area (Å²) in [5, 5.41) is 22.5. The average Bonchev–Trinajstić information content (AvgIpc) is 3.33. The largest absolute Gasteiger partial charge is 0.506 e. The first-order valence-corrected chi connectivity index (χ1v) is 21.5. The number of nitriles is 1. The van der Waals surface area contributed by atoms with Gasteiger partial charge < -0.3 is 29.5 Å². The number of halogens is 1. The average molecular weight is 875 g/mol. The van der Waals surface area contributed by atoms with Crippen molar-refractivity contribution in [2.75, 3.05) is 19.1 Å². The molecule has 2 aliphatic rings. The molecule has 64 heavy (non-hydrogen) atoms. The minimum atomic E-state index is -0.950. The maximum absolute atomic E-state index is 14.7. The number of esters is 1. The van der Waals surface area contributed by atoms with E-state index in [4.69, 9.17) is 25.8 Å². The van der Waals surface area contributed by atoms with E-state index in [0.29, 0.717) is 41.3 Å². The number of methoxy groups -OCH3 is 1. The number of fused-ring (bicyclic) bond motifs is 2. The van der Waals surface area contributed by atoms with Gasteiger partial charge in [-0.05, 0) is 100 Å². The van der Waals surface area contributed by atoms with Crippen LogP contribution in [-0.2, 0) is 45.1 Å². The molecule has 12 heteroatoms. The van der Waals surface area contributed by atoms with Crippen molar-refractivity contribution in [1.82, 2.24) is 10.2 Å². The highest BCUT2D eigenvalue weighted by Crippen LogP contribution is 2.43. The van der Waals surface area contributed by atoms with Gasteiger partial charge in [0.2, 0.25) is 12.0 Å². The Balaban J connectivity index is 1.03. The molecular formula is C52H47ClN4O7. The van der Waals surface area contributed by atoms with Crippen LogP contribution in [-0.4, -0.2) is 54.0 Å². The van der Waals surface area contributed by atoms with Crippen molar-refractivity contribution in [3.05, 3.63) is 177 Å². The number of benzene rings is 6. The minimum Gasteiger partial charge on any atom is -0.506 e. The highest BCUT2D eigenvalue weighted by atomic mass is 35.5. The zero-order chi connectivity index (χ0) is 44.9. The van der Waals surface area contributed by atoms with E-state index < -0.39 is 24.2 Å². The molecule has 0 fully saturated rings. The number of phenolic OH excluding ortho intramolecular Hbond substituents is 1. The number of amides is 2. The molecule has 6 aromatic carbocycles. The number of hydrogen-bond acceptors (Lipinski definition) is 9. The molecule has 6 aromatic rings. The third kappa shape index (κ3) is 9.30. The van der Waals surface area contributed by atoms with Gasteiger partial charge in [-0.25, -0.2) is 4.79 Å². The monoisotopic (exact) mass is 874 g/mol. The van der Waals surface area contributed by atoms with Crippen molar-refractivity contribution in [1.29, 1.82) is 5.26 Å². The van der Waals surface area contributed by atoms with Gasteiger partial charge >= 0.3 is 5.97 Å². The second kappa shape index (κ2) is 19.1. The molecule has 324 valence electrons. The van der Waals surface area contributed by atoms with Gasteiger partial charge in [0.1, 0.15) is 29.9 Å². The van der Waals surface area contributed by atoms with Crippen LogP contribution in [0.4, 0.5) is 5.69 Å². The predicted octanol–water partition coefficient (Wildman–Crippen LogP) is 9.04. The summed E-state index contributed by atoms with van der Waals surface area (Å²) >= 11 is 5.94. The van der Waals surface area contributed by atoms with Crippen LogP contribution in [0.25, 0.3) is 11.1 Å². The highest BCUT2D eigenvalue weighted by Gasteiger charge is 2.40. The summed E-state index contributed by atoms with van der Waals surface area (Å²) < 4.78 is 17.6. The first-order chi connectivity index (χ1) is 31.0. The van der Waals surface area contributed by atoms with Crippen molar-refractivity contribution in [2.24, 2.45) is 0 Å². The van der Waals surface area contributed by atoms with Crippen molar-refractivity contribution in [2.45, 2.75) is 63.6 Å². The quantitative estimate of drug-likeness (QED) is 0.109. The molecule has 11 nitrogen and oxygen atoms in total. The summed E-state index contributed by atoms with van der Waals surface area (Å²) in [6.07, 6.45) is 0.367. The van der Waals surface area contributed by atoms with Crippen LogP contribution in [0.2, 0.25) is 5.02 Å². The molecule has 2 aliphatic heterocycles. The van der Waals surface area contributed by atoms with Crippen molar-refractivity contribution in [3.8, 4) is 34.4 Å². The molecule has 4 atom stereocenters. The Morgan fingerprint density at radius 1 is 0.906 bits per heavy atom. The Bertz CT molecular complexity index is 2700. The van der Waals surface area contributed by atoms with Crippen molar-refractivity contribution >= 4 is 35.1 Å². The summed E-state index contributed by atoms with van der Waals surface area (Å²) in [6, 6.07) is 41.6. The minimum absolute atomic E-state index is 0.0164.